The highest BCUT2D eigenvalue weighted by Gasteiger charge is 2.32. The van der Waals surface area contributed by atoms with E-state index in [9.17, 15) is 9.59 Å². The van der Waals surface area contributed by atoms with Gasteiger partial charge in [-0.3, -0.25) is 14.2 Å². The molecule has 3 aromatic carbocycles. The van der Waals surface area contributed by atoms with Gasteiger partial charge in [0.2, 0.25) is 0 Å². The molecule has 40 heavy (non-hydrogen) atoms. The van der Waals surface area contributed by atoms with E-state index in [1.165, 1.54) is 11.3 Å². The molecule has 1 N–H and O–H groups in total. The van der Waals surface area contributed by atoms with Gasteiger partial charge in [0, 0.05) is 11.3 Å². The smallest absolute Gasteiger partial charge is 0.271 e. The van der Waals surface area contributed by atoms with Crippen LogP contribution >= 0.6 is 11.3 Å². The van der Waals surface area contributed by atoms with Crippen molar-refractivity contribution in [3.63, 3.8) is 0 Å². The van der Waals surface area contributed by atoms with Gasteiger partial charge in [-0.05, 0) is 55.8 Å². The van der Waals surface area contributed by atoms with Crippen molar-refractivity contribution >= 4 is 29.0 Å². The molecule has 0 aliphatic carbocycles. The van der Waals surface area contributed by atoms with E-state index in [0.717, 1.165) is 5.56 Å². The van der Waals surface area contributed by atoms with Crippen LogP contribution in [0.3, 0.4) is 0 Å². The minimum absolute atomic E-state index is 0.259. The molecule has 0 radical (unpaired) electrons. The van der Waals surface area contributed by atoms with E-state index in [-0.39, 0.29) is 11.5 Å². The number of carbonyl (C=O) groups is 1. The van der Waals surface area contributed by atoms with Crippen molar-refractivity contribution in [3.05, 3.63) is 115 Å². The van der Waals surface area contributed by atoms with Crippen LogP contribution in [0.15, 0.2) is 93.9 Å². The molecule has 2 heterocycles. The van der Waals surface area contributed by atoms with Crippen LogP contribution < -0.4 is 34.4 Å². The highest BCUT2D eigenvalue weighted by atomic mass is 32.1. The average molecular weight is 556 g/mol. The van der Waals surface area contributed by atoms with Crippen LogP contribution in [-0.4, -0.2) is 31.3 Å². The van der Waals surface area contributed by atoms with Crippen LogP contribution in [-0.2, 0) is 4.79 Å². The van der Waals surface area contributed by atoms with E-state index in [2.05, 4.69) is 5.32 Å². The number of amides is 1. The third kappa shape index (κ3) is 5.15. The molecule has 1 atom stereocenters. The molecule has 0 saturated carbocycles. The zero-order chi connectivity index (χ0) is 28.2. The summed E-state index contributed by atoms with van der Waals surface area (Å²) in [7, 11) is 3.13. The fraction of sp³-hybridized carbons (Fsp3) is 0.194. The fourth-order valence-corrected chi connectivity index (χ4v) is 5.76. The van der Waals surface area contributed by atoms with E-state index in [4.69, 9.17) is 19.2 Å². The number of nitrogens with zero attached hydrogens (tertiary/aromatic N) is 2. The van der Waals surface area contributed by atoms with Crippen molar-refractivity contribution < 1.29 is 19.0 Å². The molecule has 5 rings (SSSR count). The molecule has 1 aliphatic heterocycles. The van der Waals surface area contributed by atoms with E-state index < -0.39 is 6.04 Å². The molecule has 1 aromatic heterocycles. The van der Waals surface area contributed by atoms with Crippen LogP contribution in [0.4, 0.5) is 5.69 Å². The number of nitrogens with one attached hydrogen (secondary N) is 1. The number of hydrogen-bond donors (Lipinski definition) is 1. The van der Waals surface area contributed by atoms with E-state index >= 15 is 0 Å². The Hall–Kier alpha value is -4.63. The molecule has 0 spiro atoms. The van der Waals surface area contributed by atoms with Crippen molar-refractivity contribution in [1.82, 2.24) is 4.57 Å². The van der Waals surface area contributed by atoms with E-state index in [0.29, 0.717) is 55.7 Å². The number of rotatable bonds is 8. The van der Waals surface area contributed by atoms with Crippen molar-refractivity contribution in [2.75, 3.05) is 26.1 Å². The Kier molecular flexibility index (Phi) is 7.84. The van der Waals surface area contributed by atoms with E-state index in [1.54, 1.807) is 37.9 Å². The topological polar surface area (TPSA) is 91.2 Å². The molecule has 0 bridgehead atoms. The molecule has 9 heteroatoms. The summed E-state index contributed by atoms with van der Waals surface area (Å²) in [6.07, 6.45) is 1.77. The third-order valence-electron chi connectivity index (χ3n) is 6.52. The number of thiazole rings is 1. The van der Waals surface area contributed by atoms with Gasteiger partial charge in [0.15, 0.2) is 16.3 Å². The first-order valence-electron chi connectivity index (χ1n) is 12.8. The van der Waals surface area contributed by atoms with Gasteiger partial charge < -0.3 is 19.5 Å². The lowest BCUT2D eigenvalue weighted by atomic mass is 9.95. The van der Waals surface area contributed by atoms with Crippen molar-refractivity contribution in [2.24, 2.45) is 4.99 Å². The molecule has 8 nitrogen and oxygen atoms in total. The number of aromatic nitrogens is 1. The van der Waals surface area contributed by atoms with Gasteiger partial charge in [0.05, 0.1) is 42.7 Å². The molecule has 204 valence electrons. The molecule has 1 aliphatic rings. The minimum Gasteiger partial charge on any atom is -0.494 e. The number of para-hydroxylation sites is 2. The second kappa shape index (κ2) is 11.6. The predicted octanol–water partition coefficient (Wildman–Crippen LogP) is 4.29. The summed E-state index contributed by atoms with van der Waals surface area (Å²) in [6, 6.07) is 21.5. The summed E-state index contributed by atoms with van der Waals surface area (Å²) >= 11 is 1.26. The van der Waals surface area contributed by atoms with Gasteiger partial charge in [-0.1, -0.05) is 53.8 Å². The molecule has 0 unspecified atom stereocenters. The van der Waals surface area contributed by atoms with Gasteiger partial charge in [-0.2, -0.15) is 0 Å². The minimum atomic E-state index is -0.690. The van der Waals surface area contributed by atoms with Crippen molar-refractivity contribution in [2.45, 2.75) is 19.9 Å². The summed E-state index contributed by atoms with van der Waals surface area (Å²) in [5, 5.41) is 2.97. The molecule has 1 amide bonds. The van der Waals surface area contributed by atoms with Crippen LogP contribution in [0.1, 0.15) is 31.0 Å². The first kappa shape index (κ1) is 27.0. The van der Waals surface area contributed by atoms with Gasteiger partial charge in [0.25, 0.3) is 11.5 Å². The lowest BCUT2D eigenvalue weighted by Gasteiger charge is -2.25. The molecule has 4 aromatic rings. The average Bonchev–Trinajstić information content (AvgIpc) is 3.27. The SMILES string of the molecule is CCOc1ccc([C@@H]2C(C(=O)Nc3ccccc3)=C(C)N=c3s/c(=C\c4cccc(OC)c4OC)c(=O)n32)cc1. The van der Waals surface area contributed by atoms with Gasteiger partial charge in [-0.15, -0.1) is 0 Å². The van der Waals surface area contributed by atoms with Crippen LogP contribution in [0.25, 0.3) is 6.08 Å². The Morgan fingerprint density at radius 3 is 2.45 bits per heavy atom. The summed E-state index contributed by atoms with van der Waals surface area (Å²) in [6.45, 7) is 4.25. The summed E-state index contributed by atoms with van der Waals surface area (Å²) in [5.41, 5.74) is 2.79. The second-order valence-corrected chi connectivity index (χ2v) is 10.00. The van der Waals surface area contributed by atoms with Crippen LogP contribution in [0, 0.1) is 0 Å². The highest BCUT2D eigenvalue weighted by molar-refractivity contribution is 7.07. The Labute approximate surface area is 235 Å². The lowest BCUT2D eigenvalue weighted by Crippen LogP contribution is -2.40. The largest absolute Gasteiger partial charge is 0.494 e. The lowest BCUT2D eigenvalue weighted by molar-refractivity contribution is -0.113. The first-order chi connectivity index (χ1) is 19.4. The standard InChI is InChI=1S/C31H29N3O5S/c1-5-39-23-16-14-20(15-17-23)27-26(29(35)33-22-11-7-6-8-12-22)19(2)32-31-34(27)30(36)25(40-31)18-21-10-9-13-24(37-3)28(21)38-4/h6-18,27H,5H2,1-4H3,(H,33,35)/b25-18-/t27-/m1/s1. The number of hydrogen-bond acceptors (Lipinski definition) is 7. The fourth-order valence-electron chi connectivity index (χ4n) is 4.73. The van der Waals surface area contributed by atoms with Gasteiger partial charge >= 0.3 is 0 Å². The zero-order valence-corrected chi connectivity index (χ0v) is 23.5. The summed E-state index contributed by atoms with van der Waals surface area (Å²) in [5.74, 6) is 1.47. The maximum absolute atomic E-state index is 14.0. The molecular formula is C31H29N3O5S. The number of fused-ring (bicyclic) bond motifs is 1. The number of ether oxygens (including phenoxy) is 3. The number of carbonyl (C=O) groups excluding carboxylic acids is 1. The maximum Gasteiger partial charge on any atom is 0.271 e. The Balaban J connectivity index is 1.68. The summed E-state index contributed by atoms with van der Waals surface area (Å²) < 4.78 is 18.7. The molecular weight excluding hydrogens is 526 g/mol. The molecule has 0 saturated heterocycles. The number of methoxy groups -OCH3 is 2. The maximum atomic E-state index is 14.0. The quantitative estimate of drug-likeness (QED) is 0.350. The van der Waals surface area contributed by atoms with Crippen molar-refractivity contribution in [3.8, 4) is 17.2 Å². The highest BCUT2D eigenvalue weighted by Crippen LogP contribution is 2.33. The van der Waals surface area contributed by atoms with Gasteiger partial charge in [0.1, 0.15) is 5.75 Å². The summed E-state index contributed by atoms with van der Waals surface area (Å²) in [4.78, 5) is 32.9. The van der Waals surface area contributed by atoms with Crippen LogP contribution in [0.5, 0.6) is 17.2 Å². The monoisotopic (exact) mass is 555 g/mol. The van der Waals surface area contributed by atoms with Crippen LogP contribution in [0.2, 0.25) is 0 Å². The van der Waals surface area contributed by atoms with E-state index in [1.807, 2.05) is 73.7 Å². The molecule has 0 fully saturated rings. The third-order valence-corrected chi connectivity index (χ3v) is 7.51. The first-order valence-corrected chi connectivity index (χ1v) is 13.6. The van der Waals surface area contributed by atoms with Gasteiger partial charge in [-0.25, -0.2) is 4.99 Å². The predicted molar refractivity (Wildman–Crippen MR) is 156 cm³/mol. The second-order valence-electron chi connectivity index (χ2n) is 8.99. The Morgan fingerprint density at radius 2 is 1.77 bits per heavy atom. The number of anilines is 1. The zero-order valence-electron chi connectivity index (χ0n) is 22.6. The number of allylic oxidation sites excluding steroid dienone is 1. The Morgan fingerprint density at radius 1 is 1.02 bits per heavy atom. The normalized spacial score (nSPS) is 14.8. The Bertz CT molecular complexity index is 1760. The van der Waals surface area contributed by atoms with Crippen molar-refractivity contribution in [1.29, 1.82) is 0 Å². The number of benzene rings is 3.